The molecule has 0 spiro atoms. The zero-order chi connectivity index (χ0) is 37.2. The van der Waals surface area contributed by atoms with Crippen LogP contribution in [0.1, 0.15) is 245 Å². The van der Waals surface area contributed by atoms with E-state index in [2.05, 4.69) is 23.1 Å². The third kappa shape index (κ3) is 27.3. The number of carbonyl (C=O) groups is 2. The average molecular weight is 724 g/mol. The summed E-state index contributed by atoms with van der Waals surface area (Å²) < 4.78 is 0.308. The highest BCUT2D eigenvalue weighted by molar-refractivity contribution is 7.17. The fraction of sp³-hybridized carbons (Fsp3) is 0.956. The summed E-state index contributed by atoms with van der Waals surface area (Å²) in [4.78, 5) is 26.9. The molecule has 0 aromatic rings. The van der Waals surface area contributed by atoms with Crippen molar-refractivity contribution in [2.24, 2.45) is 0 Å². The molecule has 0 fully saturated rings. The molecule has 0 bridgehead atoms. The minimum atomic E-state index is -1.96. The van der Waals surface area contributed by atoms with Gasteiger partial charge in [-0.15, -0.1) is 0 Å². The van der Waals surface area contributed by atoms with Crippen molar-refractivity contribution in [3.05, 3.63) is 0 Å². The number of Topliss-reactive ketones (excluding diaryl/α,β-unsaturated/α-hetero) is 2. The molecule has 0 aliphatic heterocycles. The number of aliphatic hydroxyl groups is 1. The van der Waals surface area contributed by atoms with Crippen molar-refractivity contribution in [1.82, 2.24) is 0 Å². The molecule has 0 amide bonds. The van der Waals surface area contributed by atoms with Crippen LogP contribution in [0.15, 0.2) is 0 Å². The first kappa shape index (κ1) is 49.7. The average Bonchev–Trinajstić information content (AvgIpc) is 3.09. The molecular formula is C45H90NO3P. The zero-order valence-electron chi connectivity index (χ0n) is 34.7. The number of likely N-dealkylation sites (N-methyl/N-ethyl adjacent to an activating group) is 1. The molecule has 1 unspecified atom stereocenters. The van der Waals surface area contributed by atoms with Crippen LogP contribution in [0.3, 0.4) is 0 Å². The predicted octanol–water partition coefficient (Wildman–Crippen LogP) is 14.1. The first-order chi connectivity index (χ1) is 24.1. The Kier molecular flexibility index (Phi) is 34.2. The van der Waals surface area contributed by atoms with Gasteiger partial charge in [-0.1, -0.05) is 219 Å². The van der Waals surface area contributed by atoms with Crippen molar-refractivity contribution in [2.45, 2.75) is 256 Å². The van der Waals surface area contributed by atoms with Crippen LogP contribution in [-0.4, -0.2) is 53.7 Å². The summed E-state index contributed by atoms with van der Waals surface area (Å²) in [5, 5.41) is 11.7. The maximum Gasteiger partial charge on any atom is 0.204 e. The molecule has 0 aliphatic carbocycles. The summed E-state index contributed by atoms with van der Waals surface area (Å²) in [6, 6.07) is 0. The van der Waals surface area contributed by atoms with E-state index >= 15 is 0 Å². The van der Waals surface area contributed by atoms with Crippen LogP contribution in [0.25, 0.3) is 0 Å². The minimum Gasteiger partial charge on any atom is -0.488 e. The van der Waals surface area contributed by atoms with Gasteiger partial charge in [-0.3, -0.25) is 9.59 Å². The first-order valence-electron chi connectivity index (χ1n) is 22.4. The van der Waals surface area contributed by atoms with Crippen LogP contribution in [0.4, 0.5) is 0 Å². The number of rotatable bonds is 40. The van der Waals surface area contributed by atoms with E-state index in [-0.39, 0.29) is 24.4 Å². The second-order valence-corrected chi connectivity index (χ2v) is 17.5. The van der Waals surface area contributed by atoms with Crippen molar-refractivity contribution in [3.63, 3.8) is 0 Å². The normalized spacial score (nSPS) is 12.9. The monoisotopic (exact) mass is 724 g/mol. The largest absolute Gasteiger partial charge is 0.488 e. The number of carbonyl (C=O) groups excluding carboxylic acids is 2. The van der Waals surface area contributed by atoms with Crippen LogP contribution in [0.2, 0.25) is 0 Å². The molecule has 0 aromatic carbocycles. The van der Waals surface area contributed by atoms with Gasteiger partial charge in [0.05, 0.1) is 21.1 Å². The van der Waals surface area contributed by atoms with E-state index in [9.17, 15) is 14.7 Å². The summed E-state index contributed by atoms with van der Waals surface area (Å²) in [6.45, 7) is 4.56. The van der Waals surface area contributed by atoms with E-state index in [0.29, 0.717) is 4.48 Å². The Balaban J connectivity index is 4.06. The van der Waals surface area contributed by atoms with Gasteiger partial charge in [-0.25, -0.2) is 0 Å². The molecular weight excluding hydrogens is 633 g/mol. The number of hydrogen-bond donors (Lipinski definition) is 1. The third-order valence-electron chi connectivity index (χ3n) is 11.0. The molecule has 0 saturated carbocycles. The van der Waals surface area contributed by atoms with Crippen LogP contribution in [0.5, 0.6) is 0 Å². The standard InChI is InChI=1S/C45H90NO3P/c1-6-8-10-12-14-16-18-20-22-24-26-28-30-32-34-36-38-40-42(47)45(49,44(50)46(3,4)5)43(48)41-39-37-35-33-31-29-27-25-23-21-19-17-15-13-11-9-7-2/h44,49-50H,6-41H2,1-5H3. The molecule has 298 valence electrons. The molecule has 0 radical (unpaired) electrons. The van der Waals surface area contributed by atoms with E-state index in [1.165, 1.54) is 180 Å². The topological polar surface area (TPSA) is 54.4 Å². The van der Waals surface area contributed by atoms with Gasteiger partial charge >= 0.3 is 0 Å². The molecule has 50 heavy (non-hydrogen) atoms. The number of hydrogen-bond acceptors (Lipinski definition) is 3. The van der Waals surface area contributed by atoms with Gasteiger partial charge in [0.1, 0.15) is 0 Å². The maximum absolute atomic E-state index is 13.4. The second-order valence-electron chi connectivity index (χ2n) is 16.9. The first-order valence-corrected chi connectivity index (χ1v) is 23.0. The zero-order valence-corrected chi connectivity index (χ0v) is 35.7. The van der Waals surface area contributed by atoms with Gasteiger partial charge < -0.3 is 18.8 Å². The minimum absolute atomic E-state index is 0.279. The third-order valence-corrected chi connectivity index (χ3v) is 12.2. The molecule has 0 heterocycles. The molecule has 0 aromatic heterocycles. The Morgan fingerprint density at radius 2 is 0.600 bits per heavy atom. The number of ketones is 2. The summed E-state index contributed by atoms with van der Waals surface area (Å²) in [5.74, 6) is -1.26. The smallest absolute Gasteiger partial charge is 0.204 e. The number of unbranched alkanes of at least 4 members (excludes halogenated alkanes) is 32. The van der Waals surface area contributed by atoms with E-state index in [0.717, 1.165) is 38.5 Å². The summed E-state index contributed by atoms with van der Waals surface area (Å²) in [5.41, 5.74) is -1.96. The van der Waals surface area contributed by atoms with E-state index in [4.69, 9.17) is 0 Å². The molecule has 1 atom stereocenters. The van der Waals surface area contributed by atoms with Crippen molar-refractivity contribution in [3.8, 4) is 0 Å². The highest BCUT2D eigenvalue weighted by Gasteiger charge is 2.48. The van der Waals surface area contributed by atoms with Gasteiger partial charge in [0.25, 0.3) is 0 Å². The van der Waals surface area contributed by atoms with Crippen LogP contribution >= 0.6 is 9.24 Å². The molecule has 1 N–H and O–H groups in total. The Morgan fingerprint density at radius 1 is 0.420 bits per heavy atom. The van der Waals surface area contributed by atoms with E-state index < -0.39 is 11.4 Å². The lowest BCUT2D eigenvalue weighted by atomic mass is 9.85. The maximum atomic E-state index is 13.4. The van der Waals surface area contributed by atoms with E-state index in [1.807, 2.05) is 21.1 Å². The van der Waals surface area contributed by atoms with Crippen LogP contribution in [0, 0.1) is 0 Å². The van der Waals surface area contributed by atoms with Crippen molar-refractivity contribution in [2.75, 3.05) is 21.1 Å². The van der Waals surface area contributed by atoms with Gasteiger partial charge in [-0.05, 0) is 12.8 Å². The number of nitrogens with zero attached hydrogens (tertiary/aromatic N) is 1. The summed E-state index contributed by atoms with van der Waals surface area (Å²) in [6.07, 6.45) is 44.6. The Morgan fingerprint density at radius 3 is 0.780 bits per heavy atom. The highest BCUT2D eigenvalue weighted by atomic mass is 31.0. The molecule has 0 saturated heterocycles. The van der Waals surface area contributed by atoms with Crippen LogP contribution in [-0.2, 0) is 9.59 Å². The molecule has 0 aliphatic rings. The van der Waals surface area contributed by atoms with Crippen molar-refractivity contribution < 1.29 is 19.2 Å². The lowest BCUT2D eigenvalue weighted by molar-refractivity contribution is -0.885. The highest BCUT2D eigenvalue weighted by Crippen LogP contribution is 2.31. The quantitative estimate of drug-likeness (QED) is 0.0296. The van der Waals surface area contributed by atoms with Crippen molar-refractivity contribution >= 4 is 20.8 Å². The van der Waals surface area contributed by atoms with Gasteiger partial charge in [0.2, 0.25) is 5.60 Å². The predicted molar refractivity (Wildman–Crippen MR) is 223 cm³/mol. The van der Waals surface area contributed by atoms with Gasteiger partial charge in [0.15, 0.2) is 11.6 Å². The summed E-state index contributed by atoms with van der Waals surface area (Å²) >= 11 is 0. The van der Waals surface area contributed by atoms with E-state index in [1.54, 1.807) is 0 Å². The lowest BCUT2D eigenvalue weighted by Gasteiger charge is -2.46. The Bertz CT molecular complexity index is 714. The molecule has 4 nitrogen and oxygen atoms in total. The van der Waals surface area contributed by atoms with Crippen LogP contribution < -0.4 is 0 Å². The molecule has 5 heteroatoms. The fourth-order valence-electron chi connectivity index (χ4n) is 7.42. The summed E-state index contributed by atoms with van der Waals surface area (Å²) in [7, 11) is 9.43. The lowest BCUT2D eigenvalue weighted by Crippen LogP contribution is -2.63. The fourth-order valence-corrected chi connectivity index (χ4v) is 7.74. The SMILES string of the molecule is CCCCCCCCCCCCCCCCCCCC(=O)C(O)(C(=O)CCCCCCCCCCCCCCCCCCC)C([PH-])[N+](C)(C)C. The molecule has 0 rings (SSSR count). The van der Waals surface area contributed by atoms with Gasteiger partial charge in [-0.2, -0.15) is 0 Å². The Hall–Kier alpha value is -0.310. The van der Waals surface area contributed by atoms with Crippen molar-refractivity contribution in [1.29, 1.82) is 0 Å². The Labute approximate surface area is 316 Å². The second kappa shape index (κ2) is 34.5. The number of quaternary nitrogens is 1. The van der Waals surface area contributed by atoms with Gasteiger partial charge in [0, 0.05) is 18.6 Å².